The Morgan fingerprint density at radius 3 is 2.30 bits per heavy atom. The van der Waals surface area contributed by atoms with E-state index in [1.807, 2.05) is 43.3 Å². The van der Waals surface area contributed by atoms with Crippen molar-refractivity contribution in [1.82, 2.24) is 4.57 Å². The highest BCUT2D eigenvalue weighted by molar-refractivity contribution is 6.30. The van der Waals surface area contributed by atoms with E-state index in [2.05, 4.69) is 0 Å². The van der Waals surface area contributed by atoms with Gasteiger partial charge in [-0.05, 0) is 36.2 Å². The number of hydrogen-bond acceptors (Lipinski definition) is 2. The van der Waals surface area contributed by atoms with Gasteiger partial charge in [0.15, 0.2) is 5.75 Å². The second kappa shape index (κ2) is 6.31. The van der Waals surface area contributed by atoms with Crippen LogP contribution in [-0.2, 0) is 6.54 Å². The highest BCUT2D eigenvalue weighted by atomic mass is 35.5. The Balaban J connectivity index is 2.01. The SMILES string of the molecule is Cc1ccc(Cn2cc(-c3ccc(Cl)cc3)cc(O)c2=O)cc1. The minimum atomic E-state index is -0.400. The first-order valence-corrected chi connectivity index (χ1v) is 7.66. The molecule has 0 unspecified atom stereocenters. The fourth-order valence-electron chi connectivity index (χ4n) is 2.43. The number of hydrogen-bond donors (Lipinski definition) is 1. The van der Waals surface area contributed by atoms with Crippen molar-refractivity contribution in [3.63, 3.8) is 0 Å². The van der Waals surface area contributed by atoms with Crippen molar-refractivity contribution in [2.75, 3.05) is 0 Å². The molecule has 1 heterocycles. The molecule has 0 saturated heterocycles. The lowest BCUT2D eigenvalue weighted by Gasteiger charge is -2.10. The third-order valence-electron chi connectivity index (χ3n) is 3.72. The standard InChI is InChI=1S/C19H16ClNO2/c1-13-2-4-14(5-3-13)11-21-12-16(10-18(22)19(21)23)15-6-8-17(20)9-7-15/h2-10,12,22H,11H2,1H3. The molecule has 3 rings (SSSR count). The van der Waals surface area contributed by atoms with E-state index in [-0.39, 0.29) is 5.75 Å². The zero-order chi connectivity index (χ0) is 16.4. The molecule has 2 aromatic carbocycles. The zero-order valence-corrected chi connectivity index (χ0v) is 13.4. The first-order chi connectivity index (χ1) is 11.0. The lowest BCUT2D eigenvalue weighted by Crippen LogP contribution is -2.19. The van der Waals surface area contributed by atoms with Crippen molar-refractivity contribution in [3.05, 3.63) is 87.3 Å². The maximum Gasteiger partial charge on any atom is 0.292 e. The summed E-state index contributed by atoms with van der Waals surface area (Å²) in [7, 11) is 0. The van der Waals surface area contributed by atoms with E-state index in [0.29, 0.717) is 11.6 Å². The minimum absolute atomic E-state index is 0.260. The summed E-state index contributed by atoms with van der Waals surface area (Å²) in [5.74, 6) is -0.260. The first-order valence-electron chi connectivity index (χ1n) is 7.28. The topological polar surface area (TPSA) is 42.2 Å². The summed E-state index contributed by atoms with van der Waals surface area (Å²) >= 11 is 5.90. The van der Waals surface area contributed by atoms with Crippen LogP contribution >= 0.6 is 11.6 Å². The van der Waals surface area contributed by atoms with Gasteiger partial charge in [-0.1, -0.05) is 53.6 Å². The van der Waals surface area contributed by atoms with E-state index < -0.39 is 5.56 Å². The molecule has 0 bridgehead atoms. The fraction of sp³-hybridized carbons (Fsp3) is 0.105. The molecule has 0 aliphatic heterocycles. The number of aryl methyl sites for hydroxylation is 1. The van der Waals surface area contributed by atoms with E-state index in [1.165, 1.54) is 16.2 Å². The van der Waals surface area contributed by atoms with Crippen molar-refractivity contribution in [1.29, 1.82) is 0 Å². The molecular formula is C19H16ClNO2. The summed E-state index contributed by atoms with van der Waals surface area (Å²) in [5, 5.41) is 10.6. The Kier molecular flexibility index (Phi) is 4.22. The second-order valence-corrected chi connectivity index (χ2v) is 5.98. The van der Waals surface area contributed by atoms with Crippen LogP contribution in [0.15, 0.2) is 65.6 Å². The second-order valence-electron chi connectivity index (χ2n) is 5.54. The maximum absolute atomic E-state index is 12.2. The van der Waals surface area contributed by atoms with Crippen molar-refractivity contribution >= 4 is 11.6 Å². The lowest BCUT2D eigenvalue weighted by molar-refractivity contribution is 0.459. The molecule has 0 amide bonds. The highest BCUT2D eigenvalue weighted by Gasteiger charge is 2.08. The van der Waals surface area contributed by atoms with Gasteiger partial charge in [0.1, 0.15) is 0 Å². The van der Waals surface area contributed by atoms with Gasteiger partial charge >= 0.3 is 0 Å². The van der Waals surface area contributed by atoms with Crippen LogP contribution in [0.25, 0.3) is 11.1 Å². The van der Waals surface area contributed by atoms with Gasteiger partial charge in [0, 0.05) is 16.8 Å². The first kappa shape index (κ1) is 15.4. The van der Waals surface area contributed by atoms with E-state index in [4.69, 9.17) is 11.6 Å². The Morgan fingerprint density at radius 2 is 1.65 bits per heavy atom. The number of rotatable bonds is 3. The minimum Gasteiger partial charge on any atom is -0.503 e. The summed E-state index contributed by atoms with van der Waals surface area (Å²) < 4.78 is 1.52. The van der Waals surface area contributed by atoms with Crippen LogP contribution in [0.5, 0.6) is 5.75 Å². The van der Waals surface area contributed by atoms with E-state index in [0.717, 1.165) is 16.7 Å². The average molecular weight is 326 g/mol. The molecule has 0 saturated carbocycles. The van der Waals surface area contributed by atoms with Gasteiger partial charge < -0.3 is 9.67 Å². The molecule has 0 aliphatic carbocycles. The number of aromatic hydroxyl groups is 1. The smallest absolute Gasteiger partial charge is 0.292 e. The summed E-state index contributed by atoms with van der Waals surface area (Å²) in [6, 6.07) is 16.7. The number of benzene rings is 2. The van der Waals surface area contributed by atoms with Crippen LogP contribution in [0.1, 0.15) is 11.1 Å². The fourth-order valence-corrected chi connectivity index (χ4v) is 2.55. The van der Waals surface area contributed by atoms with Crippen LogP contribution < -0.4 is 5.56 Å². The van der Waals surface area contributed by atoms with Crippen LogP contribution in [0.3, 0.4) is 0 Å². The van der Waals surface area contributed by atoms with Crippen molar-refractivity contribution in [2.24, 2.45) is 0 Å². The molecule has 1 aromatic heterocycles. The number of nitrogens with zero attached hydrogens (tertiary/aromatic N) is 1. The Labute approximate surface area is 139 Å². The average Bonchev–Trinajstić information content (AvgIpc) is 2.54. The van der Waals surface area contributed by atoms with Gasteiger partial charge in [0.25, 0.3) is 5.56 Å². The Bertz CT molecular complexity index is 881. The largest absolute Gasteiger partial charge is 0.503 e. The van der Waals surface area contributed by atoms with Crippen LogP contribution in [0, 0.1) is 6.92 Å². The van der Waals surface area contributed by atoms with Gasteiger partial charge in [0.05, 0.1) is 6.54 Å². The van der Waals surface area contributed by atoms with E-state index in [1.54, 1.807) is 18.3 Å². The van der Waals surface area contributed by atoms with Crippen LogP contribution in [-0.4, -0.2) is 9.67 Å². The Hall–Kier alpha value is -2.52. The molecule has 1 N–H and O–H groups in total. The monoisotopic (exact) mass is 325 g/mol. The van der Waals surface area contributed by atoms with Crippen molar-refractivity contribution < 1.29 is 5.11 Å². The predicted molar refractivity (Wildman–Crippen MR) is 93.1 cm³/mol. The van der Waals surface area contributed by atoms with Gasteiger partial charge in [-0.2, -0.15) is 0 Å². The molecule has 0 fully saturated rings. The van der Waals surface area contributed by atoms with Crippen LogP contribution in [0.2, 0.25) is 5.02 Å². The number of aromatic nitrogens is 1. The van der Waals surface area contributed by atoms with E-state index in [9.17, 15) is 9.90 Å². The maximum atomic E-state index is 12.2. The summed E-state index contributed by atoms with van der Waals surface area (Å²) in [6.07, 6.45) is 1.76. The molecule has 0 spiro atoms. The van der Waals surface area contributed by atoms with Gasteiger partial charge in [-0.15, -0.1) is 0 Å². The molecule has 116 valence electrons. The zero-order valence-electron chi connectivity index (χ0n) is 12.7. The third kappa shape index (κ3) is 3.46. The van der Waals surface area contributed by atoms with Gasteiger partial charge in [-0.25, -0.2) is 0 Å². The van der Waals surface area contributed by atoms with Gasteiger partial charge in [0.2, 0.25) is 0 Å². The summed E-state index contributed by atoms with van der Waals surface area (Å²) in [5.41, 5.74) is 3.43. The molecular weight excluding hydrogens is 310 g/mol. The van der Waals surface area contributed by atoms with Crippen LogP contribution in [0.4, 0.5) is 0 Å². The quantitative estimate of drug-likeness (QED) is 0.783. The number of pyridine rings is 1. The van der Waals surface area contributed by atoms with Crippen molar-refractivity contribution in [2.45, 2.75) is 13.5 Å². The molecule has 3 aromatic rings. The molecule has 4 heteroatoms. The molecule has 0 radical (unpaired) electrons. The molecule has 23 heavy (non-hydrogen) atoms. The number of halogens is 1. The molecule has 3 nitrogen and oxygen atoms in total. The Morgan fingerprint density at radius 1 is 1.00 bits per heavy atom. The summed E-state index contributed by atoms with van der Waals surface area (Å²) in [4.78, 5) is 12.2. The normalized spacial score (nSPS) is 10.7. The van der Waals surface area contributed by atoms with Crippen molar-refractivity contribution in [3.8, 4) is 16.9 Å². The summed E-state index contributed by atoms with van der Waals surface area (Å²) in [6.45, 7) is 2.43. The van der Waals surface area contributed by atoms with Gasteiger partial charge in [-0.3, -0.25) is 4.79 Å². The predicted octanol–water partition coefficient (Wildman–Crippen LogP) is 4.23. The lowest BCUT2D eigenvalue weighted by atomic mass is 10.1. The molecule has 0 aliphatic rings. The van der Waals surface area contributed by atoms with E-state index >= 15 is 0 Å². The molecule has 0 atom stereocenters. The highest BCUT2D eigenvalue weighted by Crippen LogP contribution is 2.23. The third-order valence-corrected chi connectivity index (χ3v) is 3.97.